The smallest absolute Gasteiger partial charge is 0.197 e. The van der Waals surface area contributed by atoms with Crippen molar-refractivity contribution in [2.75, 3.05) is 13.7 Å². The van der Waals surface area contributed by atoms with E-state index >= 15 is 0 Å². The van der Waals surface area contributed by atoms with E-state index in [4.69, 9.17) is 9.15 Å². The van der Waals surface area contributed by atoms with Crippen LogP contribution in [0.5, 0.6) is 0 Å². The molecule has 1 fully saturated rings. The van der Waals surface area contributed by atoms with Gasteiger partial charge in [0.05, 0.1) is 6.10 Å². The third kappa shape index (κ3) is 2.51. The molecule has 0 saturated carbocycles. The van der Waals surface area contributed by atoms with E-state index in [9.17, 15) is 0 Å². The SMILES string of the molecule is CNC(Cc1nc2ccccc2o1)C1CCOC1C. The molecule has 4 heteroatoms. The Morgan fingerprint density at radius 1 is 1.42 bits per heavy atom. The normalized spacial score (nSPS) is 24.9. The van der Waals surface area contributed by atoms with Crippen molar-refractivity contribution in [1.82, 2.24) is 10.3 Å². The predicted octanol–water partition coefficient (Wildman–Crippen LogP) is 2.38. The molecule has 19 heavy (non-hydrogen) atoms. The first-order valence-electron chi connectivity index (χ1n) is 6.91. The van der Waals surface area contributed by atoms with Crippen LogP contribution in [0, 0.1) is 5.92 Å². The fourth-order valence-corrected chi connectivity index (χ4v) is 2.94. The van der Waals surface area contributed by atoms with E-state index in [0.717, 1.165) is 36.4 Å². The van der Waals surface area contributed by atoms with E-state index in [1.165, 1.54) is 0 Å². The molecular formula is C15H20N2O2. The maximum atomic E-state index is 5.80. The summed E-state index contributed by atoms with van der Waals surface area (Å²) in [7, 11) is 2.00. The summed E-state index contributed by atoms with van der Waals surface area (Å²) >= 11 is 0. The molecule has 0 spiro atoms. The molecular weight excluding hydrogens is 240 g/mol. The molecule has 0 aliphatic carbocycles. The predicted molar refractivity (Wildman–Crippen MR) is 74.1 cm³/mol. The van der Waals surface area contributed by atoms with Gasteiger partial charge in [-0.2, -0.15) is 0 Å². The van der Waals surface area contributed by atoms with Crippen LogP contribution in [-0.4, -0.2) is 30.8 Å². The van der Waals surface area contributed by atoms with E-state index in [1.54, 1.807) is 0 Å². The van der Waals surface area contributed by atoms with Crippen LogP contribution < -0.4 is 5.32 Å². The Morgan fingerprint density at radius 3 is 2.95 bits per heavy atom. The molecule has 1 aromatic heterocycles. The van der Waals surface area contributed by atoms with Gasteiger partial charge in [0.15, 0.2) is 11.5 Å². The second-order valence-corrected chi connectivity index (χ2v) is 5.20. The van der Waals surface area contributed by atoms with Crippen molar-refractivity contribution < 1.29 is 9.15 Å². The summed E-state index contributed by atoms with van der Waals surface area (Å²) in [4.78, 5) is 4.55. The highest BCUT2D eigenvalue weighted by molar-refractivity contribution is 5.72. The molecule has 1 aromatic carbocycles. The summed E-state index contributed by atoms with van der Waals surface area (Å²) in [6, 6.07) is 8.25. The van der Waals surface area contributed by atoms with Gasteiger partial charge < -0.3 is 14.5 Å². The number of nitrogens with one attached hydrogen (secondary N) is 1. The van der Waals surface area contributed by atoms with E-state index in [0.29, 0.717) is 18.1 Å². The Bertz CT molecular complexity index is 519. The molecule has 1 aliphatic rings. The van der Waals surface area contributed by atoms with Gasteiger partial charge in [0.2, 0.25) is 0 Å². The lowest BCUT2D eigenvalue weighted by atomic mass is 9.91. The van der Waals surface area contributed by atoms with Crippen molar-refractivity contribution in [3.8, 4) is 0 Å². The maximum absolute atomic E-state index is 5.80. The van der Waals surface area contributed by atoms with Gasteiger partial charge in [-0.15, -0.1) is 0 Å². The number of hydrogen-bond acceptors (Lipinski definition) is 4. The number of para-hydroxylation sites is 2. The zero-order valence-electron chi connectivity index (χ0n) is 11.4. The number of ether oxygens (including phenoxy) is 1. The summed E-state index contributed by atoms with van der Waals surface area (Å²) in [6.07, 6.45) is 2.22. The number of fused-ring (bicyclic) bond motifs is 1. The van der Waals surface area contributed by atoms with Crippen LogP contribution in [-0.2, 0) is 11.2 Å². The van der Waals surface area contributed by atoms with Gasteiger partial charge in [0, 0.05) is 25.0 Å². The Labute approximate surface area is 113 Å². The number of rotatable bonds is 4. The monoisotopic (exact) mass is 260 g/mol. The van der Waals surface area contributed by atoms with E-state index in [-0.39, 0.29) is 0 Å². The van der Waals surface area contributed by atoms with Gasteiger partial charge in [-0.25, -0.2) is 4.98 Å². The van der Waals surface area contributed by atoms with E-state index in [2.05, 4.69) is 17.2 Å². The first-order valence-corrected chi connectivity index (χ1v) is 6.91. The molecule has 3 atom stereocenters. The second kappa shape index (κ2) is 5.31. The minimum atomic E-state index is 0.307. The summed E-state index contributed by atoms with van der Waals surface area (Å²) in [5, 5.41) is 3.39. The fraction of sp³-hybridized carbons (Fsp3) is 0.533. The molecule has 3 unspecified atom stereocenters. The Morgan fingerprint density at radius 2 is 2.26 bits per heavy atom. The first-order chi connectivity index (χ1) is 9.28. The number of nitrogens with zero attached hydrogens (tertiary/aromatic N) is 1. The van der Waals surface area contributed by atoms with Crippen LogP contribution >= 0.6 is 0 Å². The van der Waals surface area contributed by atoms with Crippen molar-refractivity contribution >= 4 is 11.1 Å². The maximum Gasteiger partial charge on any atom is 0.197 e. The lowest BCUT2D eigenvalue weighted by molar-refractivity contribution is 0.0956. The minimum Gasteiger partial charge on any atom is -0.441 e. The minimum absolute atomic E-state index is 0.307. The van der Waals surface area contributed by atoms with Crippen LogP contribution in [0.1, 0.15) is 19.2 Å². The quantitative estimate of drug-likeness (QED) is 0.917. The van der Waals surface area contributed by atoms with Gasteiger partial charge in [0.25, 0.3) is 0 Å². The summed E-state index contributed by atoms with van der Waals surface area (Å²) in [6.45, 7) is 3.01. The molecule has 0 radical (unpaired) electrons. The van der Waals surface area contributed by atoms with Crippen molar-refractivity contribution in [2.45, 2.75) is 31.9 Å². The second-order valence-electron chi connectivity index (χ2n) is 5.20. The molecule has 0 amide bonds. The fourth-order valence-electron chi connectivity index (χ4n) is 2.94. The average molecular weight is 260 g/mol. The lowest BCUT2D eigenvalue weighted by Crippen LogP contribution is -2.38. The third-order valence-corrected chi connectivity index (χ3v) is 4.06. The number of hydrogen-bond donors (Lipinski definition) is 1. The zero-order valence-corrected chi connectivity index (χ0v) is 11.4. The highest BCUT2D eigenvalue weighted by Gasteiger charge is 2.31. The van der Waals surface area contributed by atoms with Crippen molar-refractivity contribution in [3.05, 3.63) is 30.2 Å². The molecule has 2 aromatic rings. The van der Waals surface area contributed by atoms with Gasteiger partial charge in [-0.1, -0.05) is 12.1 Å². The Balaban J connectivity index is 1.78. The Kier molecular flexibility index (Phi) is 3.53. The molecule has 4 nitrogen and oxygen atoms in total. The molecule has 1 aliphatic heterocycles. The van der Waals surface area contributed by atoms with Crippen molar-refractivity contribution in [3.63, 3.8) is 0 Å². The Hall–Kier alpha value is -1.39. The zero-order chi connectivity index (χ0) is 13.2. The van der Waals surface area contributed by atoms with Crippen molar-refractivity contribution in [2.24, 2.45) is 5.92 Å². The standard InChI is InChI=1S/C15H20N2O2/c1-10-11(7-8-18-10)13(16-2)9-15-17-12-5-3-4-6-14(12)19-15/h3-6,10-11,13,16H,7-9H2,1-2H3. The van der Waals surface area contributed by atoms with Crippen LogP contribution in [0.4, 0.5) is 0 Å². The molecule has 102 valence electrons. The summed E-state index contributed by atoms with van der Waals surface area (Å²) in [5.74, 6) is 1.33. The molecule has 1 saturated heterocycles. The van der Waals surface area contributed by atoms with Crippen LogP contribution in [0.2, 0.25) is 0 Å². The van der Waals surface area contributed by atoms with E-state index in [1.807, 2.05) is 31.3 Å². The summed E-state index contributed by atoms with van der Waals surface area (Å²) < 4.78 is 11.5. The molecule has 3 rings (SSSR count). The molecule has 2 heterocycles. The number of likely N-dealkylation sites (N-methyl/N-ethyl adjacent to an activating group) is 1. The molecule has 1 N–H and O–H groups in total. The van der Waals surface area contributed by atoms with Crippen LogP contribution in [0.25, 0.3) is 11.1 Å². The van der Waals surface area contributed by atoms with Gasteiger partial charge in [0.1, 0.15) is 5.52 Å². The van der Waals surface area contributed by atoms with Gasteiger partial charge >= 0.3 is 0 Å². The highest BCUT2D eigenvalue weighted by Crippen LogP contribution is 2.26. The molecule has 0 bridgehead atoms. The number of oxazole rings is 1. The number of benzene rings is 1. The van der Waals surface area contributed by atoms with E-state index < -0.39 is 0 Å². The lowest BCUT2D eigenvalue weighted by Gasteiger charge is -2.24. The summed E-state index contributed by atoms with van der Waals surface area (Å²) in [5.41, 5.74) is 1.80. The van der Waals surface area contributed by atoms with Crippen molar-refractivity contribution in [1.29, 1.82) is 0 Å². The van der Waals surface area contributed by atoms with Gasteiger partial charge in [-0.05, 0) is 32.5 Å². The topological polar surface area (TPSA) is 47.3 Å². The average Bonchev–Trinajstić information content (AvgIpc) is 3.01. The highest BCUT2D eigenvalue weighted by atomic mass is 16.5. The van der Waals surface area contributed by atoms with Crippen LogP contribution in [0.15, 0.2) is 28.7 Å². The van der Waals surface area contributed by atoms with Gasteiger partial charge in [-0.3, -0.25) is 0 Å². The first kappa shape index (κ1) is 12.6. The largest absolute Gasteiger partial charge is 0.441 e. The van der Waals surface area contributed by atoms with Crippen LogP contribution in [0.3, 0.4) is 0 Å². The number of aromatic nitrogens is 1. The third-order valence-electron chi connectivity index (χ3n) is 4.06.